The van der Waals surface area contributed by atoms with Crippen LogP contribution < -0.4 is 0 Å². The molecule has 0 rings (SSSR count). The molecule has 1 atom stereocenters. The number of carbonyl (C=O) groups excluding carboxylic acids is 3. The van der Waals surface area contributed by atoms with Gasteiger partial charge in [0, 0.05) is 19.3 Å². The fraction of sp³-hybridized carbons (Fsp3) is 0.807. The van der Waals surface area contributed by atoms with Gasteiger partial charge in [-0.25, -0.2) is 0 Å². The van der Waals surface area contributed by atoms with Crippen molar-refractivity contribution in [1.82, 2.24) is 0 Å². The molecule has 0 aliphatic heterocycles. The van der Waals surface area contributed by atoms with E-state index in [9.17, 15) is 14.4 Å². The first-order valence-electron chi connectivity index (χ1n) is 27.1. The van der Waals surface area contributed by atoms with Crippen LogP contribution in [0.5, 0.6) is 0 Å². The second-order valence-corrected chi connectivity index (χ2v) is 18.1. The van der Waals surface area contributed by atoms with E-state index in [2.05, 4.69) is 69.4 Å². The van der Waals surface area contributed by atoms with E-state index in [4.69, 9.17) is 14.2 Å². The standard InChI is InChI=1S/C57H102O6/c1-4-7-10-13-16-19-22-25-27-29-32-35-38-41-44-47-50-56(59)62-53-54(52-61-55(58)49-46-43-40-37-34-31-24-21-18-15-12-9-6-3)63-57(60)51-48-45-42-39-36-33-30-28-26-23-20-17-14-11-8-5-2/h7,10,16,19,25,27,31,34,54H,4-6,8-9,11-15,17-18,20-24,26,28-30,32-33,35-53H2,1-3H3/b10-7-,19-16-,27-25-,34-31-. The van der Waals surface area contributed by atoms with Gasteiger partial charge in [0.1, 0.15) is 13.2 Å². The van der Waals surface area contributed by atoms with E-state index in [1.807, 2.05) is 0 Å². The maximum absolute atomic E-state index is 12.8. The number of carbonyl (C=O) groups is 3. The van der Waals surface area contributed by atoms with Crippen molar-refractivity contribution < 1.29 is 28.6 Å². The van der Waals surface area contributed by atoms with E-state index >= 15 is 0 Å². The molecule has 0 radical (unpaired) electrons. The molecule has 0 aromatic carbocycles. The molecule has 0 heterocycles. The van der Waals surface area contributed by atoms with Crippen LogP contribution in [0.1, 0.15) is 278 Å². The normalized spacial score (nSPS) is 12.4. The molecular formula is C57H102O6. The maximum atomic E-state index is 12.8. The second kappa shape index (κ2) is 52.0. The highest BCUT2D eigenvalue weighted by Gasteiger charge is 2.19. The lowest BCUT2D eigenvalue weighted by atomic mass is 10.0. The zero-order valence-corrected chi connectivity index (χ0v) is 41.8. The summed E-state index contributed by atoms with van der Waals surface area (Å²) in [7, 11) is 0. The number of unbranched alkanes of at least 4 members (excludes halogenated alkanes) is 30. The summed E-state index contributed by atoms with van der Waals surface area (Å²) < 4.78 is 16.8. The fourth-order valence-electron chi connectivity index (χ4n) is 7.75. The molecular weight excluding hydrogens is 781 g/mol. The van der Waals surface area contributed by atoms with Crippen LogP contribution in [0.3, 0.4) is 0 Å². The Balaban J connectivity index is 4.38. The lowest BCUT2D eigenvalue weighted by Gasteiger charge is -2.18. The zero-order chi connectivity index (χ0) is 45.8. The lowest BCUT2D eigenvalue weighted by Crippen LogP contribution is -2.30. The van der Waals surface area contributed by atoms with Crippen molar-refractivity contribution in [3.05, 3.63) is 48.6 Å². The molecule has 6 nitrogen and oxygen atoms in total. The van der Waals surface area contributed by atoms with Gasteiger partial charge < -0.3 is 14.2 Å². The minimum Gasteiger partial charge on any atom is -0.462 e. The number of ether oxygens (including phenoxy) is 3. The highest BCUT2D eigenvalue weighted by Crippen LogP contribution is 2.16. The van der Waals surface area contributed by atoms with Crippen LogP contribution in [0.4, 0.5) is 0 Å². The Labute approximate surface area is 390 Å². The number of allylic oxidation sites excluding steroid dienone is 8. The minimum absolute atomic E-state index is 0.0822. The Kier molecular flexibility index (Phi) is 49.8. The van der Waals surface area contributed by atoms with Crippen molar-refractivity contribution in [3.63, 3.8) is 0 Å². The number of rotatable bonds is 49. The van der Waals surface area contributed by atoms with Gasteiger partial charge in [-0.1, -0.05) is 230 Å². The van der Waals surface area contributed by atoms with Crippen LogP contribution in [-0.4, -0.2) is 37.2 Å². The SMILES string of the molecule is CC/C=C\C/C=C\C/C=C\CCCCCCCCC(=O)OCC(COC(=O)CCCCC/C=C\CCCCCCCC)OC(=O)CCCCCCCCCCCCCCCCCC. The summed E-state index contributed by atoms with van der Waals surface area (Å²) in [5, 5.41) is 0. The Morgan fingerprint density at radius 2 is 0.619 bits per heavy atom. The van der Waals surface area contributed by atoms with Gasteiger partial charge in [0.25, 0.3) is 0 Å². The van der Waals surface area contributed by atoms with Crippen molar-refractivity contribution in [2.75, 3.05) is 13.2 Å². The Morgan fingerprint density at radius 3 is 1.00 bits per heavy atom. The molecule has 0 spiro atoms. The van der Waals surface area contributed by atoms with E-state index in [0.29, 0.717) is 19.3 Å². The van der Waals surface area contributed by atoms with Crippen molar-refractivity contribution >= 4 is 17.9 Å². The molecule has 0 saturated carbocycles. The average molecular weight is 883 g/mol. The van der Waals surface area contributed by atoms with Crippen LogP contribution in [-0.2, 0) is 28.6 Å². The van der Waals surface area contributed by atoms with Crippen LogP contribution in [0.2, 0.25) is 0 Å². The molecule has 6 heteroatoms. The molecule has 0 aromatic heterocycles. The van der Waals surface area contributed by atoms with E-state index in [-0.39, 0.29) is 31.1 Å². The van der Waals surface area contributed by atoms with Gasteiger partial charge in [-0.15, -0.1) is 0 Å². The third kappa shape index (κ3) is 50.2. The van der Waals surface area contributed by atoms with Crippen molar-refractivity contribution in [2.24, 2.45) is 0 Å². The summed E-state index contributed by atoms with van der Waals surface area (Å²) in [4.78, 5) is 38.0. The average Bonchev–Trinajstić information content (AvgIpc) is 3.28. The second-order valence-electron chi connectivity index (χ2n) is 18.1. The third-order valence-electron chi connectivity index (χ3n) is 11.8. The first-order chi connectivity index (χ1) is 31.0. The first kappa shape index (κ1) is 60.4. The Morgan fingerprint density at radius 1 is 0.333 bits per heavy atom. The Hall–Kier alpha value is -2.63. The third-order valence-corrected chi connectivity index (χ3v) is 11.8. The first-order valence-corrected chi connectivity index (χ1v) is 27.1. The quantitative estimate of drug-likeness (QED) is 0.0262. The summed E-state index contributed by atoms with van der Waals surface area (Å²) >= 11 is 0. The number of hydrogen-bond acceptors (Lipinski definition) is 6. The van der Waals surface area contributed by atoms with Crippen LogP contribution in [0, 0.1) is 0 Å². The molecule has 0 saturated heterocycles. The van der Waals surface area contributed by atoms with Gasteiger partial charge in [-0.3, -0.25) is 14.4 Å². The molecule has 0 amide bonds. The van der Waals surface area contributed by atoms with E-state index in [1.54, 1.807) is 0 Å². The van der Waals surface area contributed by atoms with Crippen molar-refractivity contribution in [2.45, 2.75) is 284 Å². The van der Waals surface area contributed by atoms with Gasteiger partial charge in [0.2, 0.25) is 0 Å². The molecule has 0 aliphatic rings. The van der Waals surface area contributed by atoms with E-state index in [1.165, 1.54) is 141 Å². The predicted molar refractivity (Wildman–Crippen MR) is 270 cm³/mol. The highest BCUT2D eigenvalue weighted by molar-refractivity contribution is 5.71. The summed E-state index contributed by atoms with van der Waals surface area (Å²) in [6.45, 7) is 6.52. The summed E-state index contributed by atoms with van der Waals surface area (Å²) in [5.74, 6) is -0.899. The zero-order valence-electron chi connectivity index (χ0n) is 41.8. The van der Waals surface area contributed by atoms with Gasteiger partial charge in [-0.05, 0) is 77.0 Å². The minimum atomic E-state index is -0.781. The van der Waals surface area contributed by atoms with E-state index in [0.717, 1.165) is 96.3 Å². The molecule has 0 aromatic rings. The maximum Gasteiger partial charge on any atom is 0.306 e. The van der Waals surface area contributed by atoms with Gasteiger partial charge in [0.15, 0.2) is 6.10 Å². The molecule has 0 N–H and O–H groups in total. The van der Waals surface area contributed by atoms with Crippen molar-refractivity contribution in [1.29, 1.82) is 0 Å². The predicted octanol–water partition coefficient (Wildman–Crippen LogP) is 17.9. The van der Waals surface area contributed by atoms with Crippen LogP contribution in [0.25, 0.3) is 0 Å². The number of hydrogen-bond donors (Lipinski definition) is 0. The van der Waals surface area contributed by atoms with Crippen molar-refractivity contribution in [3.8, 4) is 0 Å². The highest BCUT2D eigenvalue weighted by atomic mass is 16.6. The van der Waals surface area contributed by atoms with Gasteiger partial charge >= 0.3 is 17.9 Å². The summed E-state index contributed by atoms with van der Waals surface area (Å²) in [6, 6.07) is 0. The molecule has 63 heavy (non-hydrogen) atoms. The molecule has 0 aliphatic carbocycles. The van der Waals surface area contributed by atoms with Crippen LogP contribution >= 0.6 is 0 Å². The smallest absolute Gasteiger partial charge is 0.306 e. The monoisotopic (exact) mass is 883 g/mol. The largest absolute Gasteiger partial charge is 0.462 e. The van der Waals surface area contributed by atoms with Gasteiger partial charge in [0.05, 0.1) is 0 Å². The fourth-order valence-corrected chi connectivity index (χ4v) is 7.75. The molecule has 366 valence electrons. The lowest BCUT2D eigenvalue weighted by molar-refractivity contribution is -0.167. The summed E-state index contributed by atoms with van der Waals surface area (Å²) in [5.41, 5.74) is 0. The number of esters is 3. The summed E-state index contributed by atoms with van der Waals surface area (Å²) in [6.07, 6.45) is 62.4. The molecule has 0 fully saturated rings. The topological polar surface area (TPSA) is 78.9 Å². The van der Waals surface area contributed by atoms with Crippen LogP contribution in [0.15, 0.2) is 48.6 Å². The molecule has 1 unspecified atom stereocenters. The molecule has 0 bridgehead atoms. The Bertz CT molecular complexity index is 1110. The van der Waals surface area contributed by atoms with Gasteiger partial charge in [-0.2, -0.15) is 0 Å². The van der Waals surface area contributed by atoms with E-state index < -0.39 is 6.10 Å².